The molecule has 1 saturated carbocycles. The van der Waals surface area contributed by atoms with Gasteiger partial charge in [0.15, 0.2) is 11.4 Å². The van der Waals surface area contributed by atoms with E-state index in [1.807, 2.05) is 19.2 Å². The molecule has 1 aliphatic carbocycles. The molecule has 1 aliphatic heterocycles. The van der Waals surface area contributed by atoms with Gasteiger partial charge < -0.3 is 10.6 Å². The third-order valence-corrected chi connectivity index (χ3v) is 7.13. The van der Waals surface area contributed by atoms with Crippen molar-refractivity contribution in [3.63, 3.8) is 0 Å². The number of anilines is 1. The predicted molar refractivity (Wildman–Crippen MR) is 123 cm³/mol. The second-order valence-electron chi connectivity index (χ2n) is 9.52. The first-order valence-corrected chi connectivity index (χ1v) is 11.8. The van der Waals surface area contributed by atoms with Crippen molar-refractivity contribution in [1.29, 1.82) is 0 Å². The van der Waals surface area contributed by atoms with Gasteiger partial charge in [0.1, 0.15) is 5.82 Å². The van der Waals surface area contributed by atoms with E-state index in [-0.39, 0.29) is 17.5 Å². The first-order chi connectivity index (χ1) is 16.2. The molecule has 3 aromatic rings. The van der Waals surface area contributed by atoms with E-state index in [1.165, 1.54) is 18.2 Å². The number of carbonyl (C=O) groups is 1. The highest BCUT2D eigenvalue weighted by Crippen LogP contribution is 2.41. The minimum absolute atomic E-state index is 0.131. The van der Waals surface area contributed by atoms with Crippen molar-refractivity contribution in [2.75, 3.05) is 18.0 Å². The zero-order chi connectivity index (χ0) is 24.0. The molecule has 3 atom stereocenters. The number of aromatic nitrogens is 3. The molecular formula is C25H28F3N5O. The number of carbonyl (C=O) groups excluding carboxylic acids is 1. The number of fused-ring (bicyclic) bond motifs is 1. The molecule has 9 heteroatoms. The van der Waals surface area contributed by atoms with E-state index >= 15 is 0 Å². The first-order valence-electron chi connectivity index (χ1n) is 11.8. The summed E-state index contributed by atoms with van der Waals surface area (Å²) >= 11 is 0. The summed E-state index contributed by atoms with van der Waals surface area (Å²) in [6.07, 6.45) is 1.24. The Morgan fingerprint density at radius 2 is 1.91 bits per heavy atom. The van der Waals surface area contributed by atoms with Crippen LogP contribution in [0.3, 0.4) is 0 Å². The van der Waals surface area contributed by atoms with Gasteiger partial charge in [-0.3, -0.25) is 4.79 Å². The maximum absolute atomic E-state index is 13.6. The van der Waals surface area contributed by atoms with Crippen LogP contribution >= 0.6 is 0 Å². The van der Waals surface area contributed by atoms with Crippen LogP contribution in [0.5, 0.6) is 0 Å². The van der Waals surface area contributed by atoms with Gasteiger partial charge in [-0.25, -0.2) is 9.50 Å². The van der Waals surface area contributed by atoms with Gasteiger partial charge in [0.25, 0.3) is 0 Å². The van der Waals surface area contributed by atoms with E-state index < -0.39 is 23.4 Å². The zero-order valence-electron chi connectivity index (χ0n) is 19.1. The van der Waals surface area contributed by atoms with E-state index in [1.54, 1.807) is 4.52 Å². The molecular weight excluding hydrogens is 443 g/mol. The Morgan fingerprint density at radius 3 is 2.65 bits per heavy atom. The molecule has 2 aromatic heterocycles. The predicted octanol–water partition coefficient (Wildman–Crippen LogP) is 4.75. The Labute approximate surface area is 196 Å². The molecule has 0 radical (unpaired) electrons. The lowest BCUT2D eigenvalue weighted by molar-refractivity contribution is -0.138. The van der Waals surface area contributed by atoms with Crippen LogP contribution in [-0.4, -0.2) is 39.5 Å². The van der Waals surface area contributed by atoms with Gasteiger partial charge in [0.05, 0.1) is 11.3 Å². The van der Waals surface area contributed by atoms with Crippen LogP contribution in [0.1, 0.15) is 65.2 Å². The second kappa shape index (κ2) is 8.69. The number of rotatable bonds is 4. The number of halogens is 3. The van der Waals surface area contributed by atoms with Crippen molar-refractivity contribution in [3.05, 3.63) is 58.9 Å². The van der Waals surface area contributed by atoms with Crippen molar-refractivity contribution >= 4 is 17.2 Å². The Morgan fingerprint density at radius 1 is 1.15 bits per heavy atom. The number of aryl methyl sites for hydroxylation is 1. The van der Waals surface area contributed by atoms with Gasteiger partial charge in [-0.15, -0.1) is 0 Å². The second-order valence-corrected chi connectivity index (χ2v) is 9.52. The number of nitrogens with zero attached hydrogens (tertiary/aromatic N) is 4. The maximum Gasteiger partial charge on any atom is 0.417 e. The van der Waals surface area contributed by atoms with Gasteiger partial charge >= 0.3 is 6.18 Å². The molecule has 34 heavy (non-hydrogen) atoms. The molecule has 5 rings (SSSR count). The number of Topliss-reactive ketones (excluding diaryl/α,β-unsaturated/α-hetero) is 1. The molecule has 1 aromatic carbocycles. The van der Waals surface area contributed by atoms with Gasteiger partial charge in [-0.1, -0.05) is 31.0 Å². The van der Waals surface area contributed by atoms with Crippen molar-refractivity contribution in [2.45, 2.75) is 57.2 Å². The van der Waals surface area contributed by atoms with E-state index in [0.717, 1.165) is 49.8 Å². The lowest BCUT2D eigenvalue weighted by atomic mass is 9.73. The summed E-state index contributed by atoms with van der Waals surface area (Å²) in [7, 11) is 0. The minimum atomic E-state index is -4.57. The van der Waals surface area contributed by atoms with Crippen LogP contribution in [0.25, 0.3) is 5.65 Å². The van der Waals surface area contributed by atoms with Gasteiger partial charge in [-0.05, 0) is 32.3 Å². The van der Waals surface area contributed by atoms with E-state index in [4.69, 9.17) is 15.8 Å². The topological polar surface area (TPSA) is 76.5 Å². The summed E-state index contributed by atoms with van der Waals surface area (Å²) in [5.41, 5.74) is 7.30. The Balaban J connectivity index is 1.49. The van der Waals surface area contributed by atoms with Crippen LogP contribution in [0.2, 0.25) is 0 Å². The number of hydrogen-bond acceptors (Lipinski definition) is 5. The summed E-state index contributed by atoms with van der Waals surface area (Å²) in [5.74, 6) is -0.361. The molecule has 3 heterocycles. The molecule has 2 aliphatic rings. The fourth-order valence-electron chi connectivity index (χ4n) is 5.44. The van der Waals surface area contributed by atoms with Crippen molar-refractivity contribution in [3.8, 4) is 0 Å². The van der Waals surface area contributed by atoms with Crippen molar-refractivity contribution in [1.82, 2.24) is 14.6 Å². The smallest absolute Gasteiger partial charge is 0.355 e. The molecule has 2 fully saturated rings. The first kappa shape index (κ1) is 22.8. The van der Waals surface area contributed by atoms with Crippen LogP contribution in [0.15, 0.2) is 36.5 Å². The lowest BCUT2D eigenvalue weighted by Gasteiger charge is -2.30. The molecule has 1 unspecified atom stereocenters. The Bertz CT molecular complexity index is 1220. The van der Waals surface area contributed by atoms with E-state index in [9.17, 15) is 18.0 Å². The summed E-state index contributed by atoms with van der Waals surface area (Å²) in [6, 6.07) is 7.09. The minimum Gasteiger partial charge on any atom is -0.355 e. The lowest BCUT2D eigenvalue weighted by Crippen LogP contribution is -2.28. The van der Waals surface area contributed by atoms with E-state index in [2.05, 4.69) is 4.90 Å². The number of hydrogen-bond donors (Lipinski definition) is 1. The third-order valence-electron chi connectivity index (χ3n) is 7.13. The number of ketones is 1. The van der Waals surface area contributed by atoms with Gasteiger partial charge in [-0.2, -0.15) is 18.3 Å². The van der Waals surface area contributed by atoms with Crippen molar-refractivity contribution in [2.24, 2.45) is 11.7 Å². The standard InChI is InChI=1S/C25H28F3N5O/c1-15-13-33-22(30-24(15)32-11-10-16(29)14-32)12-21(31-33)17-6-2-3-7-18(17)23(34)19-8-4-5-9-20(19)25(26,27)28/h4-5,8-9,12-13,16-18H,2-3,6-7,10-11,14,29H2,1H3/t16-,17+,18?/m0/s1. The van der Waals surface area contributed by atoms with E-state index in [0.29, 0.717) is 24.2 Å². The molecule has 0 amide bonds. The molecule has 0 spiro atoms. The molecule has 2 N–H and O–H groups in total. The fraction of sp³-hybridized carbons (Fsp3) is 0.480. The van der Waals surface area contributed by atoms with Crippen LogP contribution in [0, 0.1) is 12.8 Å². The summed E-state index contributed by atoms with van der Waals surface area (Å²) in [5, 5.41) is 4.71. The zero-order valence-corrected chi connectivity index (χ0v) is 19.1. The molecule has 180 valence electrons. The average Bonchev–Trinajstić information content (AvgIpc) is 3.43. The quantitative estimate of drug-likeness (QED) is 0.556. The molecule has 1 saturated heterocycles. The number of alkyl halides is 3. The highest BCUT2D eigenvalue weighted by atomic mass is 19.4. The van der Waals surface area contributed by atoms with Gasteiger partial charge in [0.2, 0.25) is 0 Å². The highest BCUT2D eigenvalue weighted by molar-refractivity contribution is 6.00. The van der Waals surface area contributed by atoms with Crippen LogP contribution in [-0.2, 0) is 6.18 Å². The largest absolute Gasteiger partial charge is 0.417 e. The summed E-state index contributed by atoms with van der Waals surface area (Å²) < 4.78 is 42.4. The van der Waals surface area contributed by atoms with Gasteiger partial charge in [0, 0.05) is 54.4 Å². The Hall–Kier alpha value is -2.94. The number of nitrogens with two attached hydrogens (primary N) is 1. The monoisotopic (exact) mass is 471 g/mol. The maximum atomic E-state index is 13.6. The van der Waals surface area contributed by atoms with Crippen LogP contribution in [0.4, 0.5) is 19.0 Å². The molecule has 6 nitrogen and oxygen atoms in total. The summed E-state index contributed by atoms with van der Waals surface area (Å²) in [4.78, 5) is 20.4. The summed E-state index contributed by atoms with van der Waals surface area (Å²) in [6.45, 7) is 3.58. The Kier molecular flexibility index (Phi) is 5.83. The molecule has 0 bridgehead atoms. The highest BCUT2D eigenvalue weighted by Gasteiger charge is 2.40. The number of benzene rings is 1. The SMILES string of the molecule is Cc1cn2nc([C@@H]3CCCCC3C(=O)c3ccccc3C(F)(F)F)cc2nc1N1CC[C@H](N)C1. The normalized spacial score (nSPS) is 23.6. The fourth-order valence-corrected chi connectivity index (χ4v) is 5.44. The van der Waals surface area contributed by atoms with Crippen LogP contribution < -0.4 is 10.6 Å². The third kappa shape index (κ3) is 4.17. The average molecular weight is 472 g/mol. The van der Waals surface area contributed by atoms with Crippen molar-refractivity contribution < 1.29 is 18.0 Å².